The van der Waals surface area contributed by atoms with E-state index in [0.717, 1.165) is 44.7 Å². The molecule has 146 valence electrons. The lowest BCUT2D eigenvalue weighted by molar-refractivity contribution is -0.132. The molecule has 1 aliphatic heterocycles. The van der Waals surface area contributed by atoms with Gasteiger partial charge >= 0.3 is 0 Å². The Hall–Kier alpha value is -2.17. The summed E-state index contributed by atoms with van der Waals surface area (Å²) in [6.45, 7) is 10.1. The molecule has 1 amide bonds. The van der Waals surface area contributed by atoms with Gasteiger partial charge in [-0.3, -0.25) is 4.79 Å². The topological polar surface area (TPSA) is 59.2 Å². The van der Waals surface area contributed by atoms with E-state index in [1.807, 2.05) is 11.8 Å². The molecule has 2 heterocycles. The van der Waals surface area contributed by atoms with Crippen LogP contribution in [0.2, 0.25) is 0 Å². The summed E-state index contributed by atoms with van der Waals surface area (Å²) in [6, 6.07) is 8.81. The average Bonchev–Trinajstić information content (AvgIpc) is 3.08. The van der Waals surface area contributed by atoms with E-state index < -0.39 is 0 Å². The van der Waals surface area contributed by atoms with Gasteiger partial charge in [-0.1, -0.05) is 45.0 Å². The molecule has 0 saturated carbocycles. The van der Waals surface area contributed by atoms with E-state index in [1.165, 1.54) is 11.1 Å². The molecule has 3 rings (SSSR count). The van der Waals surface area contributed by atoms with Crippen molar-refractivity contribution in [3.8, 4) is 0 Å². The number of aryl methyl sites for hydroxylation is 2. The van der Waals surface area contributed by atoms with Crippen LogP contribution in [0.4, 0.5) is 0 Å². The van der Waals surface area contributed by atoms with Crippen molar-refractivity contribution in [3.63, 3.8) is 0 Å². The molecule has 0 spiro atoms. The van der Waals surface area contributed by atoms with E-state index >= 15 is 0 Å². The van der Waals surface area contributed by atoms with E-state index in [2.05, 4.69) is 55.2 Å². The zero-order valence-corrected chi connectivity index (χ0v) is 17.0. The van der Waals surface area contributed by atoms with Crippen LogP contribution in [-0.4, -0.2) is 34.1 Å². The first-order valence-electron chi connectivity index (χ1n) is 10.00. The fourth-order valence-electron chi connectivity index (χ4n) is 3.63. The van der Waals surface area contributed by atoms with Crippen molar-refractivity contribution < 1.29 is 9.21 Å². The van der Waals surface area contributed by atoms with Crippen LogP contribution in [0, 0.1) is 6.92 Å². The minimum Gasteiger partial charge on any atom is -0.425 e. The van der Waals surface area contributed by atoms with Crippen LogP contribution in [0.3, 0.4) is 0 Å². The zero-order chi connectivity index (χ0) is 19.4. The highest BCUT2D eigenvalue weighted by Crippen LogP contribution is 2.27. The summed E-state index contributed by atoms with van der Waals surface area (Å²) in [5.41, 5.74) is 2.84. The van der Waals surface area contributed by atoms with Gasteiger partial charge < -0.3 is 9.32 Å². The summed E-state index contributed by atoms with van der Waals surface area (Å²) in [5.74, 6) is 1.88. The maximum absolute atomic E-state index is 12.5. The fraction of sp³-hybridized carbons (Fsp3) is 0.591. The highest BCUT2D eigenvalue weighted by atomic mass is 16.4. The zero-order valence-electron chi connectivity index (χ0n) is 17.0. The lowest BCUT2D eigenvalue weighted by atomic mass is 9.86. The number of amides is 1. The molecule has 0 bridgehead atoms. The Labute approximate surface area is 162 Å². The van der Waals surface area contributed by atoms with Crippen LogP contribution in [0.25, 0.3) is 0 Å². The Morgan fingerprint density at radius 2 is 1.81 bits per heavy atom. The third-order valence-corrected chi connectivity index (χ3v) is 5.41. The van der Waals surface area contributed by atoms with Gasteiger partial charge in [0, 0.05) is 32.4 Å². The molecule has 0 unspecified atom stereocenters. The van der Waals surface area contributed by atoms with Crippen LogP contribution in [0.1, 0.15) is 75.3 Å². The van der Waals surface area contributed by atoms with Crippen molar-refractivity contribution in [2.24, 2.45) is 0 Å². The molecule has 2 aromatic rings. The molecule has 1 fully saturated rings. The third kappa shape index (κ3) is 5.18. The number of rotatable bonds is 5. The number of carbonyl (C=O) groups is 1. The minimum atomic E-state index is 0.181. The van der Waals surface area contributed by atoms with Crippen molar-refractivity contribution in [3.05, 3.63) is 47.2 Å². The Balaban J connectivity index is 1.41. The van der Waals surface area contributed by atoms with Gasteiger partial charge in [0.05, 0.1) is 0 Å². The standard InChI is InChI=1S/C22H31N3O2/c1-16-23-24-21(27-16)18-12-14-25(15-13-18)20(26)7-5-6-17-8-10-19(11-9-17)22(2,3)4/h8-11,18H,5-7,12-15H2,1-4H3. The quantitative estimate of drug-likeness (QED) is 0.783. The van der Waals surface area contributed by atoms with Crippen LogP contribution >= 0.6 is 0 Å². The molecule has 5 heteroatoms. The maximum Gasteiger partial charge on any atom is 0.222 e. The molecule has 0 atom stereocenters. The number of likely N-dealkylation sites (tertiary alicyclic amines) is 1. The number of benzene rings is 1. The minimum absolute atomic E-state index is 0.181. The molecular weight excluding hydrogens is 338 g/mol. The predicted molar refractivity (Wildman–Crippen MR) is 106 cm³/mol. The molecule has 5 nitrogen and oxygen atoms in total. The Kier molecular flexibility index (Phi) is 5.98. The first-order chi connectivity index (χ1) is 12.8. The number of piperidine rings is 1. The van der Waals surface area contributed by atoms with Crippen LogP contribution in [-0.2, 0) is 16.6 Å². The molecule has 0 N–H and O–H groups in total. The Bertz CT molecular complexity index is 751. The van der Waals surface area contributed by atoms with Crippen molar-refractivity contribution in [2.45, 2.75) is 71.1 Å². The first-order valence-corrected chi connectivity index (χ1v) is 10.00. The smallest absolute Gasteiger partial charge is 0.222 e. The number of hydrogen-bond acceptors (Lipinski definition) is 4. The summed E-state index contributed by atoms with van der Waals surface area (Å²) < 4.78 is 5.54. The number of carbonyl (C=O) groups excluding carboxylic acids is 1. The van der Waals surface area contributed by atoms with Crippen molar-refractivity contribution in [1.82, 2.24) is 15.1 Å². The van der Waals surface area contributed by atoms with Crippen molar-refractivity contribution in [1.29, 1.82) is 0 Å². The average molecular weight is 370 g/mol. The molecule has 0 aliphatic carbocycles. The van der Waals surface area contributed by atoms with Gasteiger partial charge in [0.25, 0.3) is 0 Å². The molecule has 0 radical (unpaired) electrons. The van der Waals surface area contributed by atoms with Gasteiger partial charge in [0.2, 0.25) is 17.7 Å². The maximum atomic E-state index is 12.5. The molecule has 1 aromatic carbocycles. The van der Waals surface area contributed by atoms with Crippen molar-refractivity contribution in [2.75, 3.05) is 13.1 Å². The van der Waals surface area contributed by atoms with E-state index in [0.29, 0.717) is 12.3 Å². The Morgan fingerprint density at radius 1 is 1.15 bits per heavy atom. The van der Waals surface area contributed by atoms with E-state index in [-0.39, 0.29) is 17.2 Å². The van der Waals surface area contributed by atoms with Gasteiger partial charge in [0.15, 0.2) is 0 Å². The summed E-state index contributed by atoms with van der Waals surface area (Å²) in [5, 5.41) is 8.03. The largest absolute Gasteiger partial charge is 0.425 e. The molecule has 1 aromatic heterocycles. The Morgan fingerprint density at radius 3 is 2.37 bits per heavy atom. The summed E-state index contributed by atoms with van der Waals surface area (Å²) in [6.07, 6.45) is 4.28. The second kappa shape index (κ2) is 8.24. The summed E-state index contributed by atoms with van der Waals surface area (Å²) in [7, 11) is 0. The van der Waals surface area contributed by atoms with E-state index in [9.17, 15) is 4.79 Å². The van der Waals surface area contributed by atoms with Crippen molar-refractivity contribution >= 4 is 5.91 Å². The lowest BCUT2D eigenvalue weighted by Gasteiger charge is -2.30. The van der Waals surface area contributed by atoms with Gasteiger partial charge in [-0.25, -0.2) is 0 Å². The number of aromatic nitrogens is 2. The fourth-order valence-corrected chi connectivity index (χ4v) is 3.63. The molecular formula is C22H31N3O2. The highest BCUT2D eigenvalue weighted by molar-refractivity contribution is 5.76. The van der Waals surface area contributed by atoms with E-state index in [1.54, 1.807) is 0 Å². The second-order valence-corrected chi connectivity index (χ2v) is 8.61. The summed E-state index contributed by atoms with van der Waals surface area (Å²) >= 11 is 0. The van der Waals surface area contributed by atoms with Gasteiger partial charge in [-0.05, 0) is 42.2 Å². The van der Waals surface area contributed by atoms with Crippen LogP contribution in [0.5, 0.6) is 0 Å². The van der Waals surface area contributed by atoms with Gasteiger partial charge in [-0.2, -0.15) is 0 Å². The third-order valence-electron chi connectivity index (χ3n) is 5.41. The van der Waals surface area contributed by atoms with Crippen LogP contribution in [0.15, 0.2) is 28.7 Å². The number of nitrogens with zero attached hydrogens (tertiary/aromatic N) is 3. The molecule has 1 aliphatic rings. The normalized spacial score (nSPS) is 15.9. The molecule has 1 saturated heterocycles. The lowest BCUT2D eigenvalue weighted by Crippen LogP contribution is -2.37. The highest BCUT2D eigenvalue weighted by Gasteiger charge is 2.26. The van der Waals surface area contributed by atoms with Crippen LogP contribution < -0.4 is 0 Å². The second-order valence-electron chi connectivity index (χ2n) is 8.61. The molecule has 27 heavy (non-hydrogen) atoms. The van der Waals surface area contributed by atoms with Gasteiger partial charge in [0.1, 0.15) is 0 Å². The number of hydrogen-bond donors (Lipinski definition) is 0. The van der Waals surface area contributed by atoms with E-state index in [4.69, 9.17) is 4.42 Å². The predicted octanol–water partition coefficient (Wildman–Crippen LogP) is 4.40. The summed E-state index contributed by atoms with van der Waals surface area (Å²) in [4.78, 5) is 14.5. The first kappa shape index (κ1) is 19.6. The van der Waals surface area contributed by atoms with Gasteiger partial charge in [-0.15, -0.1) is 10.2 Å². The monoisotopic (exact) mass is 369 g/mol. The SMILES string of the molecule is Cc1nnc(C2CCN(C(=O)CCCc3ccc(C(C)(C)C)cc3)CC2)o1.